The van der Waals surface area contributed by atoms with E-state index in [2.05, 4.69) is 28.1 Å². The number of nitrogens with zero attached hydrogens (tertiary/aromatic N) is 2. The summed E-state index contributed by atoms with van der Waals surface area (Å²) < 4.78 is 10.9. The molecule has 2 aromatic rings. The van der Waals surface area contributed by atoms with Crippen LogP contribution in [-0.2, 0) is 21.4 Å². The summed E-state index contributed by atoms with van der Waals surface area (Å²) in [4.78, 5) is 20.4. The van der Waals surface area contributed by atoms with Gasteiger partial charge < -0.3 is 14.4 Å². The van der Waals surface area contributed by atoms with Gasteiger partial charge in [0.25, 0.3) is 0 Å². The van der Waals surface area contributed by atoms with Crippen LogP contribution in [0.1, 0.15) is 36.9 Å². The fourth-order valence-electron chi connectivity index (χ4n) is 4.79. The summed E-state index contributed by atoms with van der Waals surface area (Å²) >= 11 is 0. The monoisotopic (exact) mass is 394 g/mol. The molecule has 2 aliphatic heterocycles. The summed E-state index contributed by atoms with van der Waals surface area (Å²) in [6.45, 7) is 2.91. The number of hydrogen-bond acceptors (Lipinski definition) is 4. The summed E-state index contributed by atoms with van der Waals surface area (Å²) in [5.74, 6) is 1.55. The van der Waals surface area contributed by atoms with Crippen LogP contribution in [0, 0.1) is 5.92 Å². The number of hydrogen-bond donors (Lipinski definition) is 0. The lowest BCUT2D eigenvalue weighted by Crippen LogP contribution is -2.52. The molecule has 0 spiro atoms. The summed E-state index contributed by atoms with van der Waals surface area (Å²) in [6.07, 6.45) is 6.46. The zero-order valence-electron chi connectivity index (χ0n) is 17.2. The van der Waals surface area contributed by atoms with Gasteiger partial charge in [-0.3, -0.25) is 9.78 Å². The predicted molar refractivity (Wildman–Crippen MR) is 112 cm³/mol. The number of piperidine rings is 1. The van der Waals surface area contributed by atoms with E-state index >= 15 is 0 Å². The summed E-state index contributed by atoms with van der Waals surface area (Å²) in [6, 6.07) is 14.1. The highest BCUT2D eigenvalue weighted by Crippen LogP contribution is 2.38. The molecule has 29 heavy (non-hydrogen) atoms. The number of methoxy groups -OCH3 is 1. The fraction of sp³-hybridized carbons (Fsp3) is 0.500. The Morgan fingerprint density at radius 1 is 1.21 bits per heavy atom. The first-order chi connectivity index (χ1) is 14.2. The Labute approximate surface area is 173 Å². The third kappa shape index (κ3) is 4.30. The molecule has 1 amide bonds. The van der Waals surface area contributed by atoms with Crippen molar-refractivity contribution in [3.8, 4) is 5.75 Å². The van der Waals surface area contributed by atoms with E-state index in [4.69, 9.17) is 9.47 Å². The summed E-state index contributed by atoms with van der Waals surface area (Å²) in [5, 5.41) is 0. The molecule has 5 nitrogen and oxygen atoms in total. The molecule has 1 aromatic carbocycles. The molecule has 2 fully saturated rings. The van der Waals surface area contributed by atoms with Crippen LogP contribution in [0.5, 0.6) is 5.75 Å². The summed E-state index contributed by atoms with van der Waals surface area (Å²) in [7, 11) is 1.67. The SMILES string of the molecule is COc1ccc(C2(C(=O)N3CCC[C@H](Cc4ccccn4)C3)CCOCC2)cc1. The van der Waals surface area contributed by atoms with Crippen molar-refractivity contribution in [3.05, 3.63) is 59.9 Å². The minimum atomic E-state index is -0.489. The van der Waals surface area contributed by atoms with Gasteiger partial charge in [-0.15, -0.1) is 0 Å². The standard InChI is InChI=1S/C24H30N2O3/c1-28-22-9-7-20(8-10-22)24(11-15-29-16-12-24)23(27)26-14-4-5-19(18-26)17-21-6-2-3-13-25-21/h2-3,6-10,13,19H,4-5,11-12,14-18H2,1H3/t19-/m1/s1. The molecule has 3 heterocycles. The van der Waals surface area contributed by atoms with E-state index in [0.717, 1.165) is 62.2 Å². The molecule has 2 aliphatic rings. The number of likely N-dealkylation sites (tertiary alicyclic amines) is 1. The average molecular weight is 395 g/mol. The number of pyridine rings is 1. The van der Waals surface area contributed by atoms with Gasteiger partial charge in [0.15, 0.2) is 0 Å². The Morgan fingerprint density at radius 3 is 2.69 bits per heavy atom. The zero-order chi connectivity index (χ0) is 20.1. The highest BCUT2D eigenvalue weighted by atomic mass is 16.5. The van der Waals surface area contributed by atoms with Crippen molar-refractivity contribution in [2.75, 3.05) is 33.4 Å². The molecule has 5 heteroatoms. The molecular formula is C24H30N2O3. The van der Waals surface area contributed by atoms with E-state index < -0.39 is 5.41 Å². The van der Waals surface area contributed by atoms with Crippen molar-refractivity contribution in [2.24, 2.45) is 5.92 Å². The Balaban J connectivity index is 1.53. The molecule has 0 unspecified atom stereocenters. The van der Waals surface area contributed by atoms with E-state index in [1.165, 1.54) is 0 Å². The van der Waals surface area contributed by atoms with E-state index in [1.807, 2.05) is 30.5 Å². The van der Waals surface area contributed by atoms with E-state index in [9.17, 15) is 4.79 Å². The van der Waals surface area contributed by atoms with Crippen molar-refractivity contribution < 1.29 is 14.3 Å². The van der Waals surface area contributed by atoms with Gasteiger partial charge in [-0.05, 0) is 67.9 Å². The van der Waals surface area contributed by atoms with E-state index in [1.54, 1.807) is 7.11 Å². The van der Waals surface area contributed by atoms with Gasteiger partial charge in [0.05, 0.1) is 12.5 Å². The quantitative estimate of drug-likeness (QED) is 0.777. The Morgan fingerprint density at radius 2 is 2.00 bits per heavy atom. The molecule has 0 N–H and O–H groups in total. The number of rotatable bonds is 5. The topological polar surface area (TPSA) is 51.7 Å². The predicted octanol–water partition coefficient (Wildman–Crippen LogP) is 3.62. The van der Waals surface area contributed by atoms with Crippen LogP contribution in [-0.4, -0.2) is 49.2 Å². The summed E-state index contributed by atoms with van der Waals surface area (Å²) in [5.41, 5.74) is 1.71. The number of carbonyl (C=O) groups is 1. The lowest BCUT2D eigenvalue weighted by Gasteiger charge is -2.43. The smallest absolute Gasteiger partial charge is 0.233 e. The largest absolute Gasteiger partial charge is 0.497 e. The van der Waals surface area contributed by atoms with Crippen LogP contribution in [0.25, 0.3) is 0 Å². The van der Waals surface area contributed by atoms with Crippen LogP contribution < -0.4 is 4.74 Å². The second kappa shape index (κ2) is 8.95. The number of carbonyl (C=O) groups excluding carboxylic acids is 1. The van der Waals surface area contributed by atoms with Crippen molar-refractivity contribution in [1.29, 1.82) is 0 Å². The van der Waals surface area contributed by atoms with Gasteiger partial charge in [-0.1, -0.05) is 18.2 Å². The molecule has 4 rings (SSSR count). The maximum Gasteiger partial charge on any atom is 0.233 e. The molecule has 154 valence electrons. The van der Waals surface area contributed by atoms with Gasteiger partial charge >= 0.3 is 0 Å². The minimum Gasteiger partial charge on any atom is -0.497 e. The van der Waals surface area contributed by atoms with Crippen molar-refractivity contribution in [3.63, 3.8) is 0 Å². The average Bonchev–Trinajstić information content (AvgIpc) is 2.80. The van der Waals surface area contributed by atoms with Crippen LogP contribution in [0.2, 0.25) is 0 Å². The van der Waals surface area contributed by atoms with Crippen LogP contribution in [0.15, 0.2) is 48.7 Å². The molecule has 2 saturated heterocycles. The Hall–Kier alpha value is -2.40. The van der Waals surface area contributed by atoms with Gasteiger partial charge in [0.2, 0.25) is 5.91 Å². The number of amides is 1. The maximum absolute atomic E-state index is 13.9. The number of benzene rings is 1. The first-order valence-electron chi connectivity index (χ1n) is 10.6. The number of aromatic nitrogens is 1. The second-order valence-corrected chi connectivity index (χ2v) is 8.21. The third-order valence-electron chi connectivity index (χ3n) is 6.43. The minimum absolute atomic E-state index is 0.261. The van der Waals surface area contributed by atoms with Crippen molar-refractivity contribution in [1.82, 2.24) is 9.88 Å². The van der Waals surface area contributed by atoms with Gasteiger partial charge in [-0.2, -0.15) is 0 Å². The zero-order valence-corrected chi connectivity index (χ0v) is 17.2. The lowest BCUT2D eigenvalue weighted by molar-refractivity contribution is -0.143. The number of ether oxygens (including phenoxy) is 2. The van der Waals surface area contributed by atoms with Gasteiger partial charge in [0, 0.05) is 38.2 Å². The normalized spacial score (nSPS) is 21.6. The highest BCUT2D eigenvalue weighted by Gasteiger charge is 2.44. The van der Waals surface area contributed by atoms with E-state index in [-0.39, 0.29) is 5.91 Å². The van der Waals surface area contributed by atoms with Crippen molar-refractivity contribution in [2.45, 2.75) is 37.5 Å². The van der Waals surface area contributed by atoms with Gasteiger partial charge in [0.1, 0.15) is 5.75 Å². The molecule has 1 aromatic heterocycles. The fourth-order valence-corrected chi connectivity index (χ4v) is 4.79. The molecular weight excluding hydrogens is 364 g/mol. The molecule has 0 aliphatic carbocycles. The molecule has 0 bridgehead atoms. The molecule has 0 radical (unpaired) electrons. The first kappa shape index (κ1) is 19.9. The van der Waals surface area contributed by atoms with Crippen molar-refractivity contribution >= 4 is 5.91 Å². The van der Waals surface area contributed by atoms with Crippen LogP contribution in [0.4, 0.5) is 0 Å². The van der Waals surface area contributed by atoms with E-state index in [0.29, 0.717) is 19.1 Å². The van der Waals surface area contributed by atoms with Crippen LogP contribution >= 0.6 is 0 Å². The Kier molecular flexibility index (Phi) is 6.14. The highest BCUT2D eigenvalue weighted by molar-refractivity contribution is 5.88. The maximum atomic E-state index is 13.9. The Bertz CT molecular complexity index is 801. The first-order valence-corrected chi connectivity index (χ1v) is 10.6. The molecule has 0 saturated carbocycles. The van der Waals surface area contributed by atoms with Gasteiger partial charge in [-0.25, -0.2) is 0 Å². The third-order valence-corrected chi connectivity index (χ3v) is 6.43. The van der Waals surface area contributed by atoms with Crippen LogP contribution in [0.3, 0.4) is 0 Å². The molecule has 1 atom stereocenters. The lowest BCUT2D eigenvalue weighted by atomic mass is 9.72. The second-order valence-electron chi connectivity index (χ2n) is 8.21.